The summed E-state index contributed by atoms with van der Waals surface area (Å²) in [6.07, 6.45) is 0. The van der Waals surface area contributed by atoms with E-state index >= 15 is 0 Å². The van der Waals surface area contributed by atoms with Gasteiger partial charge in [-0.25, -0.2) is 20.2 Å². The molecule has 2 aromatic carbocycles. The first kappa shape index (κ1) is 12.2. The molecule has 5 heteroatoms. The Kier molecular flexibility index (Phi) is 3.09. The largest absolute Gasteiger partial charge is 0.356 e. The van der Waals surface area contributed by atoms with Gasteiger partial charge in [0.05, 0.1) is 5.69 Å². The lowest BCUT2D eigenvalue weighted by Crippen LogP contribution is -2.55. The molecule has 0 radical (unpaired) electrons. The van der Waals surface area contributed by atoms with Gasteiger partial charge in [-0.05, 0) is 12.1 Å². The van der Waals surface area contributed by atoms with Gasteiger partial charge in [0.2, 0.25) is 0 Å². The Labute approximate surface area is 117 Å². The number of amides is 2. The minimum Gasteiger partial charge on any atom is -0.245 e. The summed E-state index contributed by atoms with van der Waals surface area (Å²) in [4.78, 5) is 11.8. The highest BCUT2D eigenvalue weighted by Gasteiger charge is 2.25. The molecule has 0 aromatic heterocycles. The molecule has 20 heavy (non-hydrogen) atoms. The molecule has 0 fully saturated rings. The number of nitrogens with zero attached hydrogens (tertiary/aromatic N) is 3. The summed E-state index contributed by atoms with van der Waals surface area (Å²) in [6.45, 7) is 0. The van der Waals surface area contributed by atoms with Gasteiger partial charge in [0.15, 0.2) is 5.84 Å². The molecule has 0 unspecified atom stereocenters. The summed E-state index contributed by atoms with van der Waals surface area (Å²) in [5, 5.41) is 7.34. The van der Waals surface area contributed by atoms with E-state index in [0.717, 1.165) is 11.3 Å². The lowest BCUT2D eigenvalue weighted by atomic mass is 10.2. The Balaban J connectivity index is 2.07. The molecule has 0 bridgehead atoms. The number of carbonyl (C=O) groups is 1. The first-order valence-electron chi connectivity index (χ1n) is 6.29. The standard InChI is InChI=1S/C15H14N4O/c1-18-15(20)17-19(13-10-6-3-7-11-13)14(16-18)12-8-4-2-5-9-12/h2-11H,1H3,(H,17,20). The van der Waals surface area contributed by atoms with Crippen LogP contribution in [0.4, 0.5) is 10.5 Å². The van der Waals surface area contributed by atoms with E-state index in [9.17, 15) is 4.79 Å². The molecule has 1 aliphatic rings. The molecule has 5 nitrogen and oxygen atoms in total. The van der Waals surface area contributed by atoms with Crippen LogP contribution in [-0.2, 0) is 0 Å². The van der Waals surface area contributed by atoms with E-state index in [1.165, 1.54) is 5.01 Å². The molecule has 2 amide bonds. The van der Waals surface area contributed by atoms with Gasteiger partial charge in [0.25, 0.3) is 0 Å². The third-order valence-electron chi connectivity index (χ3n) is 3.00. The smallest absolute Gasteiger partial charge is 0.245 e. The highest BCUT2D eigenvalue weighted by atomic mass is 16.2. The fourth-order valence-electron chi connectivity index (χ4n) is 1.99. The van der Waals surface area contributed by atoms with E-state index in [0.29, 0.717) is 5.84 Å². The Morgan fingerprint density at radius 1 is 0.950 bits per heavy atom. The van der Waals surface area contributed by atoms with E-state index in [-0.39, 0.29) is 6.03 Å². The van der Waals surface area contributed by atoms with Crippen molar-refractivity contribution in [2.45, 2.75) is 0 Å². The summed E-state index contributed by atoms with van der Waals surface area (Å²) in [6, 6.07) is 19.1. The average Bonchev–Trinajstić information content (AvgIpc) is 2.51. The van der Waals surface area contributed by atoms with E-state index < -0.39 is 0 Å². The Morgan fingerprint density at radius 3 is 2.20 bits per heavy atom. The molecular formula is C15H14N4O. The van der Waals surface area contributed by atoms with Crippen LogP contribution in [0.3, 0.4) is 0 Å². The van der Waals surface area contributed by atoms with Gasteiger partial charge in [0.1, 0.15) is 0 Å². The fourth-order valence-corrected chi connectivity index (χ4v) is 1.99. The van der Waals surface area contributed by atoms with Crippen LogP contribution in [0.5, 0.6) is 0 Å². The van der Waals surface area contributed by atoms with Crippen LogP contribution < -0.4 is 10.4 Å². The second-order valence-electron chi connectivity index (χ2n) is 4.40. The number of anilines is 1. The van der Waals surface area contributed by atoms with Crippen molar-refractivity contribution < 1.29 is 4.79 Å². The van der Waals surface area contributed by atoms with Crippen LogP contribution in [0, 0.1) is 0 Å². The van der Waals surface area contributed by atoms with Crippen molar-refractivity contribution in [2.24, 2.45) is 5.10 Å². The molecule has 3 rings (SSSR count). The van der Waals surface area contributed by atoms with Crippen LogP contribution in [0.25, 0.3) is 0 Å². The SMILES string of the molecule is CN1N=C(c2ccccc2)N(c2ccccc2)NC1=O. The summed E-state index contributed by atoms with van der Waals surface area (Å²) in [5.41, 5.74) is 4.61. The number of nitrogens with one attached hydrogen (secondary N) is 1. The van der Waals surface area contributed by atoms with Crippen LogP contribution in [0.1, 0.15) is 5.56 Å². The van der Waals surface area contributed by atoms with E-state index in [1.807, 2.05) is 60.7 Å². The van der Waals surface area contributed by atoms with Crippen LogP contribution >= 0.6 is 0 Å². The van der Waals surface area contributed by atoms with Crippen molar-refractivity contribution in [3.8, 4) is 0 Å². The predicted molar refractivity (Wildman–Crippen MR) is 78.2 cm³/mol. The molecule has 1 aliphatic heterocycles. The van der Waals surface area contributed by atoms with Gasteiger partial charge in [0, 0.05) is 12.6 Å². The lowest BCUT2D eigenvalue weighted by molar-refractivity contribution is 0.208. The van der Waals surface area contributed by atoms with Crippen LogP contribution in [0.15, 0.2) is 65.8 Å². The highest BCUT2D eigenvalue weighted by molar-refractivity contribution is 6.12. The molecule has 1 heterocycles. The number of carbonyl (C=O) groups excluding carboxylic acids is 1. The van der Waals surface area contributed by atoms with Crippen molar-refractivity contribution in [3.05, 3.63) is 66.2 Å². The van der Waals surface area contributed by atoms with Crippen molar-refractivity contribution in [2.75, 3.05) is 12.1 Å². The second kappa shape index (κ2) is 5.05. The van der Waals surface area contributed by atoms with Crippen molar-refractivity contribution in [1.82, 2.24) is 10.4 Å². The highest BCUT2D eigenvalue weighted by Crippen LogP contribution is 2.18. The quantitative estimate of drug-likeness (QED) is 0.907. The maximum atomic E-state index is 11.8. The topological polar surface area (TPSA) is 47.9 Å². The Hall–Kier alpha value is -2.82. The van der Waals surface area contributed by atoms with E-state index in [4.69, 9.17) is 0 Å². The summed E-state index contributed by atoms with van der Waals surface area (Å²) < 4.78 is 0. The zero-order valence-corrected chi connectivity index (χ0v) is 11.0. The van der Waals surface area contributed by atoms with Gasteiger partial charge in [-0.1, -0.05) is 48.5 Å². The number of hydrogen-bond acceptors (Lipinski definition) is 3. The molecule has 1 N–H and O–H groups in total. The van der Waals surface area contributed by atoms with Gasteiger partial charge in [-0.15, -0.1) is 5.10 Å². The molecule has 0 aliphatic carbocycles. The summed E-state index contributed by atoms with van der Waals surface area (Å²) in [7, 11) is 1.63. The Morgan fingerprint density at radius 2 is 1.55 bits per heavy atom. The Bertz CT molecular complexity index is 639. The monoisotopic (exact) mass is 266 g/mol. The van der Waals surface area contributed by atoms with Crippen LogP contribution in [0.2, 0.25) is 0 Å². The fraction of sp³-hybridized carbons (Fsp3) is 0.0667. The number of urea groups is 1. The number of rotatable bonds is 2. The maximum absolute atomic E-state index is 11.8. The second-order valence-corrected chi connectivity index (χ2v) is 4.40. The minimum atomic E-state index is -0.270. The zero-order valence-electron chi connectivity index (χ0n) is 11.0. The summed E-state index contributed by atoms with van der Waals surface area (Å²) in [5.74, 6) is 0.680. The summed E-state index contributed by atoms with van der Waals surface area (Å²) >= 11 is 0. The van der Waals surface area contributed by atoms with Gasteiger partial charge in [-0.2, -0.15) is 0 Å². The van der Waals surface area contributed by atoms with Crippen molar-refractivity contribution in [1.29, 1.82) is 0 Å². The van der Waals surface area contributed by atoms with Crippen LogP contribution in [-0.4, -0.2) is 23.9 Å². The normalized spacial score (nSPS) is 14.8. The third-order valence-corrected chi connectivity index (χ3v) is 3.00. The van der Waals surface area contributed by atoms with Crippen molar-refractivity contribution in [3.63, 3.8) is 0 Å². The first-order chi connectivity index (χ1) is 9.75. The number of hydrogen-bond donors (Lipinski definition) is 1. The van der Waals surface area contributed by atoms with Gasteiger partial charge in [-0.3, -0.25) is 0 Å². The predicted octanol–water partition coefficient (Wildman–Crippen LogP) is 2.42. The van der Waals surface area contributed by atoms with E-state index in [1.54, 1.807) is 12.1 Å². The minimum absolute atomic E-state index is 0.270. The first-order valence-corrected chi connectivity index (χ1v) is 6.29. The molecule has 0 saturated heterocycles. The lowest BCUT2D eigenvalue weighted by Gasteiger charge is -2.32. The van der Waals surface area contributed by atoms with Gasteiger partial charge < -0.3 is 0 Å². The zero-order chi connectivity index (χ0) is 13.9. The van der Waals surface area contributed by atoms with E-state index in [2.05, 4.69) is 10.5 Å². The number of amidine groups is 1. The number of hydrazone groups is 1. The molecule has 2 aromatic rings. The average molecular weight is 266 g/mol. The molecule has 0 spiro atoms. The van der Waals surface area contributed by atoms with Crippen molar-refractivity contribution >= 4 is 17.6 Å². The molecule has 0 atom stereocenters. The molecule has 100 valence electrons. The number of para-hydroxylation sites is 1. The molecular weight excluding hydrogens is 252 g/mol. The maximum Gasteiger partial charge on any atom is 0.356 e. The van der Waals surface area contributed by atoms with Gasteiger partial charge >= 0.3 is 6.03 Å². The third kappa shape index (κ3) is 2.21. The number of benzene rings is 2. The molecule has 0 saturated carbocycles. The number of hydrazine groups is 1.